The summed E-state index contributed by atoms with van der Waals surface area (Å²) >= 11 is 14.5. The van der Waals surface area contributed by atoms with Crippen LogP contribution in [0.5, 0.6) is 0 Å². The van der Waals surface area contributed by atoms with Crippen LogP contribution in [0.15, 0.2) is 40.9 Å². The number of hydrogen-bond donors (Lipinski definition) is 2. The Morgan fingerprint density at radius 1 is 1.18 bits per heavy atom. The zero-order chi connectivity index (χ0) is 27.8. The molecule has 3 aliphatic carbocycles. The summed E-state index contributed by atoms with van der Waals surface area (Å²) in [6.07, 6.45) is 4.39. The average molecular weight is 600 g/mol. The molecule has 40 heavy (non-hydrogen) atoms. The minimum Gasteiger partial charge on any atom is -0.478 e. The molecule has 0 amide bonds. The fourth-order valence-corrected chi connectivity index (χ4v) is 8.68. The predicted molar refractivity (Wildman–Crippen MR) is 153 cm³/mol. The maximum Gasteiger partial charge on any atom is 0.335 e. The van der Waals surface area contributed by atoms with Gasteiger partial charge in [-0.2, -0.15) is 0 Å². The van der Waals surface area contributed by atoms with Crippen molar-refractivity contribution in [3.05, 3.63) is 68.3 Å². The van der Waals surface area contributed by atoms with Gasteiger partial charge in [-0.3, -0.25) is 0 Å². The molecule has 0 unspecified atom stereocenters. The molecule has 4 aromatic rings. The second-order valence-corrected chi connectivity index (χ2v) is 13.3. The molecule has 5 atom stereocenters. The third-order valence-corrected chi connectivity index (χ3v) is 10.8. The number of nitrogens with zero attached hydrogens (tertiary/aromatic N) is 2. The van der Waals surface area contributed by atoms with Gasteiger partial charge in [-0.05, 0) is 80.2 Å². The number of thiazole rings is 1. The normalized spacial score (nSPS) is 27.9. The van der Waals surface area contributed by atoms with Crippen LogP contribution < -0.4 is 0 Å². The molecule has 0 radical (unpaired) electrons. The molecule has 2 bridgehead atoms. The van der Waals surface area contributed by atoms with Gasteiger partial charge >= 0.3 is 5.97 Å². The quantitative estimate of drug-likeness (QED) is 0.225. The van der Waals surface area contributed by atoms with Crippen molar-refractivity contribution in [2.45, 2.75) is 63.3 Å². The summed E-state index contributed by atoms with van der Waals surface area (Å²) in [6.45, 7) is 2.53. The number of hydrogen-bond acceptors (Lipinski definition) is 7. The van der Waals surface area contributed by atoms with Crippen LogP contribution in [0.1, 0.15) is 71.6 Å². The maximum absolute atomic E-state index is 12.2. The lowest BCUT2D eigenvalue weighted by Crippen LogP contribution is -2.45. The van der Waals surface area contributed by atoms with Gasteiger partial charge in [0.25, 0.3) is 0 Å². The van der Waals surface area contributed by atoms with E-state index >= 15 is 0 Å². The van der Waals surface area contributed by atoms with E-state index in [9.17, 15) is 15.0 Å². The van der Waals surface area contributed by atoms with Crippen molar-refractivity contribution in [1.29, 1.82) is 0 Å². The van der Waals surface area contributed by atoms with Gasteiger partial charge in [0, 0.05) is 17.0 Å². The minimum absolute atomic E-state index is 0.00591. The summed E-state index contributed by atoms with van der Waals surface area (Å²) < 4.78 is 13.2. The van der Waals surface area contributed by atoms with Gasteiger partial charge < -0.3 is 19.5 Å². The molecule has 3 fully saturated rings. The van der Waals surface area contributed by atoms with E-state index in [1.165, 1.54) is 11.3 Å². The van der Waals surface area contributed by atoms with Crippen LogP contribution in [-0.2, 0) is 16.9 Å². The van der Waals surface area contributed by atoms with E-state index in [0.29, 0.717) is 57.6 Å². The Morgan fingerprint density at radius 3 is 2.65 bits per heavy atom. The number of carboxylic acid groups (broad SMARTS) is 1. The van der Waals surface area contributed by atoms with Crippen molar-refractivity contribution in [2.24, 2.45) is 17.8 Å². The second kappa shape index (κ2) is 9.81. The number of aromatic nitrogens is 2. The summed E-state index contributed by atoms with van der Waals surface area (Å²) in [4.78, 5) is 16.2. The molecule has 2 N–H and O–H groups in total. The van der Waals surface area contributed by atoms with Crippen LogP contribution in [0, 0.1) is 17.8 Å². The summed E-state index contributed by atoms with van der Waals surface area (Å²) in [5.41, 5.74) is 2.08. The Morgan fingerprint density at radius 2 is 1.95 bits per heavy atom. The van der Waals surface area contributed by atoms with Crippen LogP contribution in [0.4, 0.5) is 0 Å². The zero-order valence-corrected chi connectivity index (χ0v) is 24.1. The molecule has 3 aliphatic rings. The van der Waals surface area contributed by atoms with Gasteiger partial charge in [-0.1, -0.05) is 41.3 Å². The summed E-state index contributed by atoms with van der Waals surface area (Å²) in [5, 5.41) is 27.6. The minimum atomic E-state index is -1.06. The number of carboxylic acids is 1. The first-order valence-corrected chi connectivity index (χ1v) is 15.2. The van der Waals surface area contributed by atoms with Crippen molar-refractivity contribution in [3.63, 3.8) is 0 Å². The topological polar surface area (TPSA) is 106 Å². The number of carbonyl (C=O) groups is 1. The highest BCUT2D eigenvalue weighted by molar-refractivity contribution is 7.18. The van der Waals surface area contributed by atoms with Gasteiger partial charge in [0.05, 0.1) is 38.5 Å². The largest absolute Gasteiger partial charge is 0.478 e. The number of halogens is 2. The lowest BCUT2D eigenvalue weighted by molar-refractivity contribution is -0.120. The number of aromatic carboxylic acids is 1. The van der Waals surface area contributed by atoms with Gasteiger partial charge in [-0.15, -0.1) is 11.3 Å². The molecule has 3 saturated carbocycles. The number of fused-ring (bicyclic) bond motifs is 3. The van der Waals surface area contributed by atoms with Crippen molar-refractivity contribution in [1.82, 2.24) is 10.1 Å². The van der Waals surface area contributed by atoms with Crippen LogP contribution in [0.2, 0.25) is 10.0 Å². The molecule has 208 valence electrons. The Balaban J connectivity index is 1.14. The van der Waals surface area contributed by atoms with E-state index < -0.39 is 11.6 Å². The zero-order valence-electron chi connectivity index (χ0n) is 21.8. The fraction of sp³-hybridized carbons (Fsp3) is 0.433. The molecule has 2 aromatic heterocycles. The SMILES string of the molecule is C[C@H]1C[C@@H]2C[C@@H](OCc3c(-c4c(Cl)cccc4Cl)noc3C3CC3)C[C@H]1[C@]2(O)c1nc2ccc(C(=O)O)cc2s1. The van der Waals surface area contributed by atoms with Gasteiger partial charge in [0.15, 0.2) is 0 Å². The standard InChI is InChI=1S/C30H28Cl2N2O5S/c1-14-9-17-11-18(12-20(14)30(17,37)29-33-23-8-7-16(28(35)36)10-24(23)40-29)38-13-19-26(34-39-27(19)15-5-6-15)25-21(31)3-2-4-22(25)32/h2-4,7-8,10,14-15,17-18,20,37H,5-6,9,11-13H2,1H3,(H,35,36)/t14-,17+,18+,20+,30-/m0/s1. The molecule has 7 nitrogen and oxygen atoms in total. The molecule has 0 saturated heterocycles. The number of aliphatic hydroxyl groups is 1. The molecule has 2 heterocycles. The van der Waals surface area contributed by atoms with Crippen LogP contribution in [0.25, 0.3) is 21.5 Å². The van der Waals surface area contributed by atoms with Crippen molar-refractivity contribution in [3.8, 4) is 11.3 Å². The predicted octanol–water partition coefficient (Wildman–Crippen LogP) is 7.67. The molecule has 10 heteroatoms. The van der Waals surface area contributed by atoms with E-state index in [2.05, 4.69) is 12.1 Å². The first-order valence-electron chi connectivity index (χ1n) is 13.6. The van der Waals surface area contributed by atoms with Crippen LogP contribution in [0.3, 0.4) is 0 Å². The highest BCUT2D eigenvalue weighted by atomic mass is 35.5. The maximum atomic E-state index is 12.2. The van der Waals surface area contributed by atoms with Crippen molar-refractivity contribution < 1.29 is 24.3 Å². The van der Waals surface area contributed by atoms with Crippen LogP contribution in [-0.4, -0.2) is 32.4 Å². The summed E-state index contributed by atoms with van der Waals surface area (Å²) in [5.74, 6) is 0.506. The van der Waals surface area contributed by atoms with Crippen molar-refractivity contribution >= 4 is 50.7 Å². The third kappa shape index (κ3) is 4.27. The smallest absolute Gasteiger partial charge is 0.335 e. The Kier molecular flexibility index (Phi) is 6.48. The van der Waals surface area contributed by atoms with Gasteiger partial charge in [-0.25, -0.2) is 9.78 Å². The summed E-state index contributed by atoms with van der Waals surface area (Å²) in [6, 6.07) is 10.3. The Hall–Kier alpha value is -2.49. The summed E-state index contributed by atoms with van der Waals surface area (Å²) in [7, 11) is 0. The second-order valence-electron chi connectivity index (χ2n) is 11.5. The molecule has 0 spiro atoms. The lowest BCUT2D eigenvalue weighted by atomic mass is 9.72. The van der Waals surface area contributed by atoms with E-state index in [0.717, 1.165) is 40.8 Å². The van der Waals surface area contributed by atoms with Gasteiger partial charge in [0.1, 0.15) is 22.1 Å². The van der Waals surface area contributed by atoms with Gasteiger partial charge in [0.2, 0.25) is 0 Å². The van der Waals surface area contributed by atoms with E-state index in [-0.39, 0.29) is 23.5 Å². The van der Waals surface area contributed by atoms with Crippen molar-refractivity contribution in [2.75, 3.05) is 0 Å². The lowest BCUT2D eigenvalue weighted by Gasteiger charge is -2.42. The monoisotopic (exact) mass is 598 g/mol. The fourth-order valence-electron chi connectivity index (χ4n) is 6.86. The number of ether oxygens (including phenoxy) is 1. The Labute approximate surface area is 245 Å². The molecule has 2 aromatic carbocycles. The molecular formula is C30H28Cl2N2O5S. The number of rotatable bonds is 7. The average Bonchev–Trinajstić information content (AvgIpc) is 3.51. The van der Waals surface area contributed by atoms with Crippen LogP contribution >= 0.6 is 34.5 Å². The highest BCUT2D eigenvalue weighted by Gasteiger charge is 2.59. The first-order chi connectivity index (χ1) is 19.2. The highest BCUT2D eigenvalue weighted by Crippen LogP contribution is 2.59. The third-order valence-electron chi connectivity index (χ3n) is 9.00. The Bertz CT molecular complexity index is 1610. The molecular weight excluding hydrogens is 571 g/mol. The molecule has 7 rings (SSSR count). The first kappa shape index (κ1) is 26.4. The molecule has 0 aliphatic heterocycles. The van der Waals surface area contributed by atoms with E-state index in [1.54, 1.807) is 30.3 Å². The number of benzene rings is 2. The van der Waals surface area contributed by atoms with E-state index in [4.69, 9.17) is 37.4 Å². The van der Waals surface area contributed by atoms with E-state index in [1.807, 2.05) is 6.07 Å².